The van der Waals surface area contributed by atoms with E-state index in [1.165, 1.54) is 6.42 Å². The fourth-order valence-corrected chi connectivity index (χ4v) is 1.08. The molecule has 0 aliphatic carbocycles. The Morgan fingerprint density at radius 2 is 2.29 bits per heavy atom. The van der Waals surface area contributed by atoms with Gasteiger partial charge in [0, 0.05) is 19.3 Å². The van der Waals surface area contributed by atoms with Crippen LogP contribution in [0.25, 0.3) is 0 Å². The third kappa shape index (κ3) is 3.85. The lowest BCUT2D eigenvalue weighted by Gasteiger charge is -2.03. The van der Waals surface area contributed by atoms with E-state index in [1.807, 2.05) is 12.1 Å². The predicted octanol–water partition coefficient (Wildman–Crippen LogP) is 1.86. The molecule has 0 fully saturated rings. The van der Waals surface area contributed by atoms with E-state index in [-0.39, 0.29) is 0 Å². The molecule has 3 heteroatoms. The monoisotopic (exact) mass is 194 g/mol. The summed E-state index contributed by atoms with van der Waals surface area (Å²) in [6, 6.07) is 3.96. The lowest BCUT2D eigenvalue weighted by atomic mass is 10.2. The number of pyridine rings is 1. The summed E-state index contributed by atoms with van der Waals surface area (Å²) in [5, 5.41) is 0. The van der Waals surface area contributed by atoms with E-state index in [0.717, 1.165) is 24.3 Å². The van der Waals surface area contributed by atoms with Crippen LogP contribution in [0.15, 0.2) is 18.3 Å². The summed E-state index contributed by atoms with van der Waals surface area (Å²) >= 11 is 0. The second-order valence-electron chi connectivity index (χ2n) is 3.27. The maximum atomic E-state index is 5.47. The first-order valence-corrected chi connectivity index (χ1v) is 5.08. The number of nitrogens with two attached hydrogens (primary N) is 1. The number of hydrogen-bond donors (Lipinski definition) is 1. The molecule has 0 spiro atoms. The zero-order chi connectivity index (χ0) is 10.2. The molecule has 0 radical (unpaired) electrons. The maximum absolute atomic E-state index is 5.47. The summed E-state index contributed by atoms with van der Waals surface area (Å²) in [4.78, 5) is 4.24. The van der Waals surface area contributed by atoms with E-state index in [4.69, 9.17) is 10.5 Å². The molecule has 2 N–H and O–H groups in total. The van der Waals surface area contributed by atoms with Gasteiger partial charge in [0.05, 0.1) is 12.3 Å². The largest absolute Gasteiger partial charge is 0.375 e. The number of nitrogens with zero attached hydrogens (tertiary/aromatic N) is 1. The van der Waals surface area contributed by atoms with Crippen LogP contribution >= 0.6 is 0 Å². The Kier molecular flexibility index (Phi) is 5.19. The van der Waals surface area contributed by atoms with Gasteiger partial charge >= 0.3 is 0 Å². The summed E-state index contributed by atoms with van der Waals surface area (Å²) < 4.78 is 5.44. The van der Waals surface area contributed by atoms with Gasteiger partial charge in [-0.25, -0.2) is 0 Å². The number of ether oxygens (including phenoxy) is 1. The quantitative estimate of drug-likeness (QED) is 0.703. The van der Waals surface area contributed by atoms with Gasteiger partial charge < -0.3 is 10.5 Å². The van der Waals surface area contributed by atoms with Gasteiger partial charge in [0.2, 0.25) is 0 Å². The zero-order valence-electron chi connectivity index (χ0n) is 8.70. The molecule has 0 aromatic carbocycles. The molecule has 3 nitrogen and oxygen atoms in total. The van der Waals surface area contributed by atoms with Gasteiger partial charge in [-0.2, -0.15) is 0 Å². The van der Waals surface area contributed by atoms with Crippen molar-refractivity contribution in [1.29, 1.82) is 0 Å². The van der Waals surface area contributed by atoms with Crippen molar-refractivity contribution in [1.82, 2.24) is 4.98 Å². The van der Waals surface area contributed by atoms with Crippen molar-refractivity contribution in [2.75, 3.05) is 6.61 Å². The molecule has 0 saturated heterocycles. The minimum Gasteiger partial charge on any atom is -0.375 e. The second-order valence-corrected chi connectivity index (χ2v) is 3.27. The third-order valence-electron chi connectivity index (χ3n) is 2.01. The van der Waals surface area contributed by atoms with Crippen LogP contribution in [0.3, 0.4) is 0 Å². The fourth-order valence-electron chi connectivity index (χ4n) is 1.08. The normalized spacial score (nSPS) is 10.4. The second kappa shape index (κ2) is 6.51. The Labute approximate surface area is 85.3 Å². The van der Waals surface area contributed by atoms with Gasteiger partial charge in [0.25, 0.3) is 0 Å². The third-order valence-corrected chi connectivity index (χ3v) is 2.01. The molecule has 78 valence electrons. The number of hydrogen-bond acceptors (Lipinski definition) is 3. The van der Waals surface area contributed by atoms with Crippen LogP contribution in [0, 0.1) is 0 Å². The van der Waals surface area contributed by atoms with Crippen molar-refractivity contribution in [2.45, 2.75) is 32.9 Å². The van der Waals surface area contributed by atoms with Crippen molar-refractivity contribution in [3.05, 3.63) is 29.6 Å². The molecule has 0 aliphatic rings. The highest BCUT2D eigenvalue weighted by atomic mass is 16.5. The standard InChI is InChI=1S/C11H18N2O/c1-2-3-6-14-9-11-5-4-10(7-12)8-13-11/h4-5,8H,2-3,6-7,9,12H2,1H3. The van der Waals surface area contributed by atoms with Gasteiger partial charge in [-0.15, -0.1) is 0 Å². The molecule has 1 aromatic heterocycles. The van der Waals surface area contributed by atoms with Crippen LogP contribution in [0.1, 0.15) is 31.0 Å². The van der Waals surface area contributed by atoms with E-state index in [0.29, 0.717) is 13.2 Å². The van der Waals surface area contributed by atoms with Crippen molar-refractivity contribution in [2.24, 2.45) is 5.73 Å². The van der Waals surface area contributed by atoms with Crippen LogP contribution in [-0.2, 0) is 17.9 Å². The van der Waals surface area contributed by atoms with Crippen LogP contribution < -0.4 is 5.73 Å². The van der Waals surface area contributed by atoms with Crippen LogP contribution in [0.2, 0.25) is 0 Å². The summed E-state index contributed by atoms with van der Waals surface area (Å²) in [5.41, 5.74) is 7.50. The topological polar surface area (TPSA) is 48.1 Å². The van der Waals surface area contributed by atoms with Crippen LogP contribution in [0.5, 0.6) is 0 Å². The molecule has 1 aromatic rings. The number of rotatable bonds is 6. The molecule has 0 unspecified atom stereocenters. The lowest BCUT2D eigenvalue weighted by Crippen LogP contribution is -2.00. The van der Waals surface area contributed by atoms with Crippen LogP contribution in [0.4, 0.5) is 0 Å². The highest BCUT2D eigenvalue weighted by Gasteiger charge is 1.95. The van der Waals surface area contributed by atoms with E-state index >= 15 is 0 Å². The molecule has 0 bridgehead atoms. The van der Waals surface area contributed by atoms with E-state index < -0.39 is 0 Å². The van der Waals surface area contributed by atoms with E-state index in [9.17, 15) is 0 Å². The van der Waals surface area contributed by atoms with Gasteiger partial charge in [-0.1, -0.05) is 19.4 Å². The molecular formula is C11H18N2O. The Bertz CT molecular complexity index is 246. The summed E-state index contributed by atoms with van der Waals surface area (Å²) in [6.07, 6.45) is 4.08. The van der Waals surface area contributed by atoms with Crippen molar-refractivity contribution >= 4 is 0 Å². The highest BCUT2D eigenvalue weighted by molar-refractivity contribution is 5.13. The van der Waals surface area contributed by atoms with Crippen molar-refractivity contribution < 1.29 is 4.74 Å². The first-order chi connectivity index (χ1) is 6.86. The Morgan fingerprint density at radius 3 is 2.86 bits per heavy atom. The van der Waals surface area contributed by atoms with Gasteiger partial charge in [-0.3, -0.25) is 4.98 Å². The molecule has 0 aliphatic heterocycles. The lowest BCUT2D eigenvalue weighted by molar-refractivity contribution is 0.115. The Morgan fingerprint density at radius 1 is 1.43 bits per heavy atom. The molecule has 1 heterocycles. The minimum absolute atomic E-state index is 0.546. The molecular weight excluding hydrogens is 176 g/mol. The molecule has 0 amide bonds. The molecule has 0 saturated carbocycles. The van der Waals surface area contributed by atoms with Crippen LogP contribution in [-0.4, -0.2) is 11.6 Å². The first-order valence-electron chi connectivity index (χ1n) is 5.08. The summed E-state index contributed by atoms with van der Waals surface area (Å²) in [6.45, 7) is 4.11. The smallest absolute Gasteiger partial charge is 0.0887 e. The molecule has 14 heavy (non-hydrogen) atoms. The van der Waals surface area contributed by atoms with Gasteiger partial charge in [-0.05, 0) is 18.1 Å². The van der Waals surface area contributed by atoms with Crippen molar-refractivity contribution in [3.8, 4) is 0 Å². The Balaban J connectivity index is 2.29. The van der Waals surface area contributed by atoms with Gasteiger partial charge in [0.15, 0.2) is 0 Å². The SMILES string of the molecule is CCCCOCc1ccc(CN)cn1. The average Bonchev–Trinajstić information content (AvgIpc) is 2.25. The highest BCUT2D eigenvalue weighted by Crippen LogP contribution is 2.01. The number of aromatic nitrogens is 1. The van der Waals surface area contributed by atoms with Crippen molar-refractivity contribution in [3.63, 3.8) is 0 Å². The van der Waals surface area contributed by atoms with Gasteiger partial charge in [0.1, 0.15) is 0 Å². The summed E-state index contributed by atoms with van der Waals surface area (Å²) in [7, 11) is 0. The summed E-state index contributed by atoms with van der Waals surface area (Å²) in [5.74, 6) is 0. The van der Waals surface area contributed by atoms with E-state index in [2.05, 4.69) is 11.9 Å². The average molecular weight is 194 g/mol. The number of unbranched alkanes of at least 4 members (excludes halogenated alkanes) is 1. The maximum Gasteiger partial charge on any atom is 0.0887 e. The molecule has 0 atom stereocenters. The first kappa shape index (κ1) is 11.1. The minimum atomic E-state index is 0.546. The zero-order valence-corrected chi connectivity index (χ0v) is 8.70. The predicted molar refractivity (Wildman–Crippen MR) is 56.7 cm³/mol. The van der Waals surface area contributed by atoms with E-state index in [1.54, 1.807) is 6.20 Å². The fraction of sp³-hybridized carbons (Fsp3) is 0.545. The molecule has 1 rings (SSSR count). The Hall–Kier alpha value is -0.930.